The standard InChI is InChI=1S/C20H31N3O4/c1-6-13(2)16(23-19(26)27-20(3,4)5)18(25)22-15(17(21)24)12-14-10-8-7-9-11-14/h7-11,13,15-16H,6,12H2,1-5H3,(H2,21,24)(H,22,25)(H,23,26)/t13-,15+,16-/m0/s1. The highest BCUT2D eigenvalue weighted by Crippen LogP contribution is 2.12. The minimum atomic E-state index is -0.869. The maximum absolute atomic E-state index is 12.8. The van der Waals surface area contributed by atoms with Crippen LogP contribution < -0.4 is 16.4 Å². The van der Waals surface area contributed by atoms with E-state index >= 15 is 0 Å². The summed E-state index contributed by atoms with van der Waals surface area (Å²) in [6.45, 7) is 8.99. The molecule has 1 rings (SSSR count). The second kappa shape index (κ2) is 9.94. The summed E-state index contributed by atoms with van der Waals surface area (Å²) in [6.07, 6.45) is 0.261. The van der Waals surface area contributed by atoms with Gasteiger partial charge in [0.05, 0.1) is 0 Å². The number of benzene rings is 1. The summed E-state index contributed by atoms with van der Waals surface area (Å²) >= 11 is 0. The van der Waals surface area contributed by atoms with Crippen molar-refractivity contribution >= 4 is 17.9 Å². The second-order valence-corrected chi connectivity index (χ2v) is 7.66. The molecule has 0 spiro atoms. The highest BCUT2D eigenvalue weighted by atomic mass is 16.6. The Hall–Kier alpha value is -2.57. The summed E-state index contributed by atoms with van der Waals surface area (Å²) < 4.78 is 5.24. The van der Waals surface area contributed by atoms with E-state index in [-0.39, 0.29) is 12.3 Å². The zero-order valence-electron chi connectivity index (χ0n) is 16.7. The van der Waals surface area contributed by atoms with Gasteiger partial charge in [-0.15, -0.1) is 0 Å². The summed E-state index contributed by atoms with van der Waals surface area (Å²) in [6, 6.07) is 7.57. The van der Waals surface area contributed by atoms with Crippen molar-refractivity contribution in [1.82, 2.24) is 10.6 Å². The quantitative estimate of drug-likeness (QED) is 0.644. The Bertz CT molecular complexity index is 640. The van der Waals surface area contributed by atoms with Crippen LogP contribution in [0.3, 0.4) is 0 Å². The van der Waals surface area contributed by atoms with Crippen molar-refractivity contribution in [2.24, 2.45) is 11.7 Å². The van der Waals surface area contributed by atoms with Crippen molar-refractivity contribution in [2.45, 2.75) is 65.1 Å². The van der Waals surface area contributed by atoms with Gasteiger partial charge in [0.2, 0.25) is 11.8 Å². The summed E-state index contributed by atoms with van der Waals surface area (Å²) in [5.74, 6) is -1.25. The average Bonchev–Trinajstić information content (AvgIpc) is 2.57. The van der Waals surface area contributed by atoms with Crippen molar-refractivity contribution in [3.8, 4) is 0 Å². The molecule has 0 aromatic heterocycles. The van der Waals surface area contributed by atoms with Crippen molar-refractivity contribution < 1.29 is 19.1 Å². The number of hydrogen-bond acceptors (Lipinski definition) is 4. The molecule has 0 aliphatic heterocycles. The van der Waals surface area contributed by atoms with Crippen molar-refractivity contribution in [3.05, 3.63) is 35.9 Å². The van der Waals surface area contributed by atoms with E-state index in [2.05, 4.69) is 10.6 Å². The second-order valence-electron chi connectivity index (χ2n) is 7.66. The number of alkyl carbamates (subject to hydrolysis) is 1. The maximum Gasteiger partial charge on any atom is 0.408 e. The van der Waals surface area contributed by atoms with Crippen LogP contribution in [0.4, 0.5) is 4.79 Å². The van der Waals surface area contributed by atoms with Gasteiger partial charge in [0.15, 0.2) is 0 Å². The number of nitrogens with one attached hydrogen (secondary N) is 2. The van der Waals surface area contributed by atoms with Gasteiger partial charge in [0, 0.05) is 6.42 Å². The Morgan fingerprint density at radius 3 is 2.19 bits per heavy atom. The van der Waals surface area contributed by atoms with Crippen molar-refractivity contribution in [3.63, 3.8) is 0 Å². The topological polar surface area (TPSA) is 111 Å². The highest BCUT2D eigenvalue weighted by Gasteiger charge is 2.30. The summed E-state index contributed by atoms with van der Waals surface area (Å²) in [5, 5.41) is 5.27. The number of primary amides is 1. The minimum Gasteiger partial charge on any atom is -0.444 e. The SMILES string of the molecule is CC[C@H](C)[C@H](NC(=O)OC(C)(C)C)C(=O)N[C@H](Cc1ccccc1)C(N)=O. The molecule has 0 saturated carbocycles. The van der Waals surface area contributed by atoms with Gasteiger partial charge >= 0.3 is 6.09 Å². The molecule has 7 nitrogen and oxygen atoms in total. The molecule has 27 heavy (non-hydrogen) atoms. The zero-order chi connectivity index (χ0) is 20.6. The fraction of sp³-hybridized carbons (Fsp3) is 0.550. The molecular weight excluding hydrogens is 346 g/mol. The molecule has 0 heterocycles. The monoisotopic (exact) mass is 377 g/mol. The van der Waals surface area contributed by atoms with Crippen LogP contribution in [0.15, 0.2) is 30.3 Å². The molecule has 1 aromatic rings. The first-order chi connectivity index (χ1) is 12.5. The van der Waals surface area contributed by atoms with Crippen LogP contribution in [-0.2, 0) is 20.7 Å². The fourth-order valence-corrected chi connectivity index (χ4v) is 2.47. The summed E-state index contributed by atoms with van der Waals surface area (Å²) in [4.78, 5) is 36.7. The van der Waals surface area contributed by atoms with E-state index in [1.807, 2.05) is 44.2 Å². The van der Waals surface area contributed by atoms with Crippen LogP contribution in [0.5, 0.6) is 0 Å². The normalized spacial score (nSPS) is 14.6. The predicted molar refractivity (Wildman–Crippen MR) is 104 cm³/mol. The molecule has 3 amide bonds. The number of rotatable bonds is 8. The largest absolute Gasteiger partial charge is 0.444 e. The van der Waals surface area contributed by atoms with Gasteiger partial charge in [0.1, 0.15) is 17.7 Å². The van der Waals surface area contributed by atoms with Crippen LogP contribution in [0.25, 0.3) is 0 Å². The van der Waals surface area contributed by atoms with Gasteiger partial charge in [-0.25, -0.2) is 4.79 Å². The lowest BCUT2D eigenvalue weighted by Gasteiger charge is -2.27. The van der Waals surface area contributed by atoms with E-state index in [0.29, 0.717) is 6.42 Å². The fourth-order valence-electron chi connectivity index (χ4n) is 2.47. The Kier molecular flexibility index (Phi) is 8.28. The van der Waals surface area contributed by atoms with E-state index in [0.717, 1.165) is 5.56 Å². The third-order valence-electron chi connectivity index (χ3n) is 4.11. The molecule has 0 radical (unpaired) electrons. The molecular formula is C20H31N3O4. The molecule has 150 valence electrons. The molecule has 0 aliphatic rings. The minimum absolute atomic E-state index is 0.150. The highest BCUT2D eigenvalue weighted by molar-refractivity contribution is 5.91. The lowest BCUT2D eigenvalue weighted by Crippen LogP contribution is -2.56. The Morgan fingerprint density at radius 1 is 1.11 bits per heavy atom. The van der Waals surface area contributed by atoms with Crippen molar-refractivity contribution in [1.29, 1.82) is 0 Å². The molecule has 0 saturated heterocycles. The number of ether oxygens (including phenoxy) is 1. The van der Waals surface area contributed by atoms with Crippen LogP contribution in [-0.4, -0.2) is 35.6 Å². The lowest BCUT2D eigenvalue weighted by molar-refractivity contribution is -0.129. The number of hydrogen-bond donors (Lipinski definition) is 3. The van der Waals surface area contributed by atoms with E-state index in [4.69, 9.17) is 10.5 Å². The number of carbonyl (C=O) groups excluding carboxylic acids is 3. The van der Waals surface area contributed by atoms with Gasteiger partial charge in [0.25, 0.3) is 0 Å². The van der Waals surface area contributed by atoms with Crippen LogP contribution in [0.1, 0.15) is 46.6 Å². The van der Waals surface area contributed by atoms with Crippen LogP contribution in [0, 0.1) is 5.92 Å². The molecule has 0 bridgehead atoms. The van der Waals surface area contributed by atoms with Gasteiger partial charge < -0.3 is 21.1 Å². The van der Waals surface area contributed by atoms with Gasteiger partial charge in [-0.05, 0) is 32.3 Å². The first kappa shape index (κ1) is 22.5. The number of nitrogens with two attached hydrogens (primary N) is 1. The first-order valence-electron chi connectivity index (χ1n) is 9.16. The zero-order valence-corrected chi connectivity index (χ0v) is 16.7. The van der Waals surface area contributed by atoms with Gasteiger partial charge in [-0.1, -0.05) is 50.6 Å². The Morgan fingerprint density at radius 2 is 1.70 bits per heavy atom. The third kappa shape index (κ3) is 8.11. The third-order valence-corrected chi connectivity index (χ3v) is 4.11. The summed E-state index contributed by atoms with van der Waals surface area (Å²) in [5.41, 5.74) is 5.66. The number of amides is 3. The van der Waals surface area contributed by atoms with Crippen LogP contribution >= 0.6 is 0 Å². The molecule has 1 aromatic carbocycles. The average molecular weight is 377 g/mol. The van der Waals surface area contributed by atoms with Crippen LogP contribution in [0.2, 0.25) is 0 Å². The maximum atomic E-state index is 12.8. The van der Waals surface area contributed by atoms with E-state index in [9.17, 15) is 14.4 Å². The smallest absolute Gasteiger partial charge is 0.408 e. The lowest BCUT2D eigenvalue weighted by atomic mass is 9.97. The number of carbonyl (C=O) groups is 3. The predicted octanol–water partition coefficient (Wildman–Crippen LogP) is 2.14. The molecule has 0 unspecified atom stereocenters. The summed E-state index contributed by atoms with van der Waals surface area (Å²) in [7, 11) is 0. The van der Waals surface area contributed by atoms with Gasteiger partial charge in [-0.2, -0.15) is 0 Å². The van der Waals surface area contributed by atoms with E-state index < -0.39 is 35.6 Å². The first-order valence-corrected chi connectivity index (χ1v) is 9.16. The molecule has 3 atom stereocenters. The van der Waals surface area contributed by atoms with Gasteiger partial charge in [-0.3, -0.25) is 9.59 Å². The van der Waals surface area contributed by atoms with E-state index in [1.165, 1.54) is 0 Å². The molecule has 4 N–H and O–H groups in total. The molecule has 7 heteroatoms. The van der Waals surface area contributed by atoms with Crippen molar-refractivity contribution in [2.75, 3.05) is 0 Å². The Balaban J connectivity index is 2.86. The molecule has 0 aliphatic carbocycles. The molecule has 0 fully saturated rings. The Labute approximate surface area is 161 Å². The van der Waals surface area contributed by atoms with E-state index in [1.54, 1.807) is 20.8 Å².